The smallest absolute Gasteiger partial charge is 0.350 e. The summed E-state index contributed by atoms with van der Waals surface area (Å²) >= 11 is 2.46. The molecule has 0 saturated heterocycles. The maximum atomic E-state index is 11.9. The lowest BCUT2D eigenvalue weighted by Gasteiger charge is -2.04. The molecule has 2 aromatic rings. The second-order valence-electron chi connectivity index (χ2n) is 3.31. The van der Waals surface area contributed by atoms with Crippen molar-refractivity contribution in [1.82, 2.24) is 0 Å². The standard InChI is InChI=1S/C11H10N2O3S2/c1-16-11(15)9-7(3-5-18-9)13-10(14)8-6(12)2-4-17-8/h2-5H,12H2,1H3,(H,13,14). The summed E-state index contributed by atoms with van der Waals surface area (Å²) in [6.07, 6.45) is 0. The first-order valence-corrected chi connectivity index (χ1v) is 6.69. The van der Waals surface area contributed by atoms with E-state index in [1.807, 2.05) is 0 Å². The van der Waals surface area contributed by atoms with Gasteiger partial charge in [-0.25, -0.2) is 4.79 Å². The number of amides is 1. The number of rotatable bonds is 3. The third-order valence-electron chi connectivity index (χ3n) is 2.19. The fraction of sp³-hybridized carbons (Fsp3) is 0.0909. The van der Waals surface area contributed by atoms with Crippen LogP contribution in [0.25, 0.3) is 0 Å². The van der Waals surface area contributed by atoms with Gasteiger partial charge < -0.3 is 15.8 Å². The average molecular weight is 282 g/mol. The van der Waals surface area contributed by atoms with Gasteiger partial charge in [-0.2, -0.15) is 0 Å². The largest absolute Gasteiger partial charge is 0.465 e. The first-order valence-electron chi connectivity index (χ1n) is 4.93. The van der Waals surface area contributed by atoms with E-state index in [1.165, 1.54) is 29.8 Å². The lowest BCUT2D eigenvalue weighted by atomic mass is 10.3. The van der Waals surface area contributed by atoms with E-state index in [0.29, 0.717) is 21.1 Å². The summed E-state index contributed by atoms with van der Waals surface area (Å²) in [5, 5.41) is 6.09. The first kappa shape index (κ1) is 12.6. The summed E-state index contributed by atoms with van der Waals surface area (Å²) in [6, 6.07) is 3.31. The molecule has 1 amide bonds. The Balaban J connectivity index is 2.20. The van der Waals surface area contributed by atoms with E-state index in [9.17, 15) is 9.59 Å². The number of nitrogens with two attached hydrogens (primary N) is 1. The van der Waals surface area contributed by atoms with Crippen LogP contribution in [-0.2, 0) is 4.74 Å². The topological polar surface area (TPSA) is 81.4 Å². The molecule has 5 nitrogen and oxygen atoms in total. The average Bonchev–Trinajstić information content (AvgIpc) is 2.97. The molecular formula is C11H10N2O3S2. The second-order valence-corrected chi connectivity index (χ2v) is 5.15. The molecule has 0 saturated carbocycles. The van der Waals surface area contributed by atoms with E-state index < -0.39 is 5.97 Å². The molecule has 0 bridgehead atoms. The van der Waals surface area contributed by atoms with Gasteiger partial charge in [0.05, 0.1) is 18.5 Å². The van der Waals surface area contributed by atoms with Crippen LogP contribution >= 0.6 is 22.7 Å². The maximum Gasteiger partial charge on any atom is 0.350 e. The van der Waals surface area contributed by atoms with E-state index >= 15 is 0 Å². The van der Waals surface area contributed by atoms with Crippen molar-refractivity contribution in [1.29, 1.82) is 0 Å². The van der Waals surface area contributed by atoms with Gasteiger partial charge >= 0.3 is 5.97 Å². The molecule has 2 aromatic heterocycles. The SMILES string of the molecule is COC(=O)c1sccc1NC(=O)c1sccc1N. The van der Waals surface area contributed by atoms with E-state index in [0.717, 1.165) is 0 Å². The molecule has 0 unspecified atom stereocenters. The van der Waals surface area contributed by atoms with Crippen molar-refractivity contribution in [3.63, 3.8) is 0 Å². The highest BCUT2D eigenvalue weighted by molar-refractivity contribution is 7.13. The molecule has 0 fully saturated rings. The van der Waals surface area contributed by atoms with Gasteiger partial charge in [-0.15, -0.1) is 22.7 Å². The van der Waals surface area contributed by atoms with Gasteiger partial charge in [0.25, 0.3) is 5.91 Å². The zero-order chi connectivity index (χ0) is 13.1. The van der Waals surface area contributed by atoms with Gasteiger partial charge in [-0.3, -0.25) is 4.79 Å². The number of esters is 1. The zero-order valence-corrected chi connectivity index (χ0v) is 11.1. The zero-order valence-electron chi connectivity index (χ0n) is 9.43. The molecule has 0 aliphatic carbocycles. The van der Waals surface area contributed by atoms with Gasteiger partial charge in [-0.1, -0.05) is 0 Å². The number of carbonyl (C=O) groups excluding carboxylic acids is 2. The normalized spacial score (nSPS) is 10.1. The number of methoxy groups -OCH3 is 1. The molecule has 0 aromatic carbocycles. The third-order valence-corrected chi connectivity index (χ3v) is 4.01. The highest BCUT2D eigenvalue weighted by Gasteiger charge is 2.17. The molecule has 0 spiro atoms. The van der Waals surface area contributed by atoms with Crippen LogP contribution in [0.1, 0.15) is 19.3 Å². The molecule has 7 heteroatoms. The number of ether oxygens (including phenoxy) is 1. The predicted molar refractivity (Wildman–Crippen MR) is 72.3 cm³/mol. The molecule has 0 aliphatic rings. The van der Waals surface area contributed by atoms with E-state index in [2.05, 4.69) is 10.1 Å². The number of anilines is 2. The molecule has 2 heterocycles. The van der Waals surface area contributed by atoms with Gasteiger partial charge in [0, 0.05) is 0 Å². The minimum Gasteiger partial charge on any atom is -0.465 e. The summed E-state index contributed by atoms with van der Waals surface area (Å²) in [6.45, 7) is 0. The van der Waals surface area contributed by atoms with Crippen molar-refractivity contribution in [2.75, 3.05) is 18.2 Å². The van der Waals surface area contributed by atoms with Gasteiger partial charge in [-0.05, 0) is 22.9 Å². The lowest BCUT2D eigenvalue weighted by molar-refractivity contribution is 0.0607. The Morgan fingerprint density at radius 3 is 2.50 bits per heavy atom. The van der Waals surface area contributed by atoms with Crippen LogP contribution in [-0.4, -0.2) is 19.0 Å². The third kappa shape index (κ3) is 2.36. The number of hydrogen-bond acceptors (Lipinski definition) is 6. The van der Waals surface area contributed by atoms with Crippen molar-refractivity contribution >= 4 is 45.9 Å². The minimum atomic E-state index is -0.473. The summed E-state index contributed by atoms with van der Waals surface area (Å²) in [7, 11) is 1.30. The second kappa shape index (κ2) is 5.19. The summed E-state index contributed by atoms with van der Waals surface area (Å²) in [4.78, 5) is 24.2. The molecule has 0 radical (unpaired) electrons. The van der Waals surface area contributed by atoms with Gasteiger partial charge in [0.2, 0.25) is 0 Å². The number of nitrogen functional groups attached to an aromatic ring is 1. The highest BCUT2D eigenvalue weighted by Crippen LogP contribution is 2.26. The molecule has 0 atom stereocenters. The van der Waals surface area contributed by atoms with E-state index in [1.54, 1.807) is 22.9 Å². The number of hydrogen-bond donors (Lipinski definition) is 2. The Labute approximate surface area is 111 Å². The Hall–Kier alpha value is -1.86. The van der Waals surface area contributed by atoms with Gasteiger partial charge in [0.15, 0.2) is 0 Å². The van der Waals surface area contributed by atoms with Crippen molar-refractivity contribution in [2.24, 2.45) is 0 Å². The van der Waals surface area contributed by atoms with Gasteiger partial charge in [0.1, 0.15) is 9.75 Å². The molecule has 94 valence electrons. The van der Waals surface area contributed by atoms with Crippen LogP contribution in [0.15, 0.2) is 22.9 Å². The van der Waals surface area contributed by atoms with Crippen LogP contribution in [0.2, 0.25) is 0 Å². The highest BCUT2D eigenvalue weighted by atomic mass is 32.1. The Morgan fingerprint density at radius 2 is 1.89 bits per heavy atom. The van der Waals surface area contributed by atoms with Crippen molar-refractivity contribution in [2.45, 2.75) is 0 Å². The fourth-order valence-corrected chi connectivity index (χ4v) is 2.82. The van der Waals surface area contributed by atoms with Crippen molar-refractivity contribution in [3.05, 3.63) is 32.6 Å². The molecular weight excluding hydrogens is 272 g/mol. The first-order chi connectivity index (χ1) is 8.63. The van der Waals surface area contributed by atoms with Crippen LogP contribution in [0.4, 0.5) is 11.4 Å². The summed E-state index contributed by atoms with van der Waals surface area (Å²) < 4.78 is 4.63. The lowest BCUT2D eigenvalue weighted by Crippen LogP contribution is -2.13. The van der Waals surface area contributed by atoms with Crippen LogP contribution in [0.5, 0.6) is 0 Å². The Kier molecular flexibility index (Phi) is 3.63. The molecule has 18 heavy (non-hydrogen) atoms. The van der Waals surface area contributed by atoms with Crippen molar-refractivity contribution < 1.29 is 14.3 Å². The molecule has 3 N–H and O–H groups in total. The Bertz CT molecular complexity index is 589. The van der Waals surface area contributed by atoms with E-state index in [-0.39, 0.29) is 5.91 Å². The number of carbonyl (C=O) groups is 2. The molecule has 2 rings (SSSR count). The summed E-state index contributed by atoms with van der Waals surface area (Å²) in [5.41, 5.74) is 6.51. The number of thiophene rings is 2. The summed E-state index contributed by atoms with van der Waals surface area (Å²) in [5.74, 6) is -0.800. The quantitative estimate of drug-likeness (QED) is 0.847. The van der Waals surface area contributed by atoms with Crippen LogP contribution < -0.4 is 11.1 Å². The van der Waals surface area contributed by atoms with Crippen molar-refractivity contribution in [3.8, 4) is 0 Å². The van der Waals surface area contributed by atoms with Crippen LogP contribution in [0.3, 0.4) is 0 Å². The number of nitrogens with one attached hydrogen (secondary N) is 1. The minimum absolute atomic E-state index is 0.328. The van der Waals surface area contributed by atoms with E-state index in [4.69, 9.17) is 5.73 Å². The fourth-order valence-electron chi connectivity index (χ4n) is 1.34. The predicted octanol–water partition coefficient (Wildman–Crippen LogP) is 2.43. The van der Waals surface area contributed by atoms with Crippen LogP contribution in [0, 0.1) is 0 Å². The Morgan fingerprint density at radius 1 is 1.22 bits per heavy atom. The monoisotopic (exact) mass is 282 g/mol. The maximum absolute atomic E-state index is 11.9. The molecule has 0 aliphatic heterocycles.